The van der Waals surface area contributed by atoms with Crippen LogP contribution < -0.4 is 9.62 Å². The van der Waals surface area contributed by atoms with Crippen LogP contribution in [0.3, 0.4) is 0 Å². The van der Waals surface area contributed by atoms with Gasteiger partial charge in [-0.3, -0.25) is 9.62 Å². The highest BCUT2D eigenvalue weighted by atomic mass is 32.2. The van der Waals surface area contributed by atoms with Gasteiger partial charge in [0.1, 0.15) is 0 Å². The molecule has 3 aliphatic heterocycles. The first-order chi connectivity index (χ1) is 17.9. The van der Waals surface area contributed by atoms with Crippen LogP contribution in [0.5, 0.6) is 0 Å². The maximum Gasteiger partial charge on any atom is 0.418 e. The van der Waals surface area contributed by atoms with E-state index in [0.717, 1.165) is 43.2 Å². The molecule has 1 aromatic heterocycles. The second-order valence-electron chi connectivity index (χ2n) is 10.6. The first-order valence-corrected chi connectivity index (χ1v) is 14.9. The van der Waals surface area contributed by atoms with Gasteiger partial charge in [-0.25, -0.2) is 13.2 Å². The van der Waals surface area contributed by atoms with Gasteiger partial charge >= 0.3 is 12.2 Å². The number of carbonyl (C=O) groups is 1. The maximum absolute atomic E-state index is 14.0. The minimum Gasteiger partial charge on any atom is -0.371 e. The fourth-order valence-corrected chi connectivity index (χ4v) is 6.59. The molecule has 1 amide bonds. The first kappa shape index (κ1) is 26.8. The summed E-state index contributed by atoms with van der Waals surface area (Å²) in [5.41, 5.74) is 0.211. The van der Waals surface area contributed by atoms with Crippen molar-refractivity contribution < 1.29 is 26.4 Å². The van der Waals surface area contributed by atoms with E-state index in [9.17, 15) is 26.4 Å². The Hall–Kier alpha value is -2.80. The Morgan fingerprint density at radius 3 is 2.39 bits per heavy atom. The van der Waals surface area contributed by atoms with Crippen LogP contribution in [-0.4, -0.2) is 78.5 Å². The van der Waals surface area contributed by atoms with Crippen LogP contribution in [0.2, 0.25) is 0 Å². The van der Waals surface area contributed by atoms with Crippen molar-refractivity contribution in [3.05, 3.63) is 41.6 Å². The molecule has 0 aliphatic carbocycles. The number of hydrogen-bond donors (Lipinski definition) is 1. The van der Waals surface area contributed by atoms with E-state index in [-0.39, 0.29) is 23.1 Å². The van der Waals surface area contributed by atoms with Crippen molar-refractivity contribution in [3.8, 4) is 0 Å². The average molecular weight is 555 g/mol. The molecule has 0 unspecified atom stereocenters. The molecule has 0 atom stereocenters. The van der Waals surface area contributed by atoms with Gasteiger partial charge in [0, 0.05) is 56.2 Å². The second kappa shape index (κ2) is 10.1. The Morgan fingerprint density at radius 2 is 1.74 bits per heavy atom. The summed E-state index contributed by atoms with van der Waals surface area (Å²) in [6.07, 6.45) is 3.18. The topological polar surface area (TPSA) is 90.8 Å². The summed E-state index contributed by atoms with van der Waals surface area (Å²) in [5.74, 6) is 0.0743. The second-order valence-corrected chi connectivity index (χ2v) is 12.3. The molecular weight excluding hydrogens is 521 g/mol. The minimum atomic E-state index is -4.41. The van der Waals surface area contributed by atoms with E-state index in [1.54, 1.807) is 11.0 Å². The lowest BCUT2D eigenvalue weighted by molar-refractivity contribution is -0.137. The monoisotopic (exact) mass is 554 g/mol. The molecule has 2 aromatic rings. The summed E-state index contributed by atoms with van der Waals surface area (Å²) in [7, 11) is -3.50. The molecule has 3 fully saturated rings. The average Bonchev–Trinajstić information content (AvgIpc) is 3.61. The molecule has 0 bridgehead atoms. The molecule has 5 rings (SSSR count). The zero-order chi connectivity index (χ0) is 27.1. The number of anilines is 2. The van der Waals surface area contributed by atoms with Gasteiger partial charge in [-0.1, -0.05) is 6.07 Å². The van der Waals surface area contributed by atoms with Crippen molar-refractivity contribution in [1.29, 1.82) is 0 Å². The Bertz CT molecular complexity index is 1280. The van der Waals surface area contributed by atoms with Crippen molar-refractivity contribution >= 4 is 27.6 Å². The quantitative estimate of drug-likeness (QED) is 0.602. The molecule has 38 heavy (non-hydrogen) atoms. The smallest absolute Gasteiger partial charge is 0.371 e. The van der Waals surface area contributed by atoms with E-state index in [1.165, 1.54) is 18.3 Å². The zero-order valence-electron chi connectivity index (χ0n) is 21.4. The van der Waals surface area contributed by atoms with Crippen LogP contribution >= 0.6 is 0 Å². The highest BCUT2D eigenvalue weighted by molar-refractivity contribution is 7.92. The number of aromatic nitrogens is 2. The number of hydrogen-bond acceptors (Lipinski definition) is 6. The number of benzene rings is 1. The standard InChI is InChI=1S/C25H33F3N6O3S/c1-38(36,37)30-22-7-14-34(29-22)23(35)32-15-9-24(10-16-32)8-4-13-33(24)18-19-5-6-21(31-11-2-3-12-31)20(17-19)25(26,27)28/h5-7,14,17H,2-4,8-13,15-16,18H2,1H3,(H,29,30). The number of nitrogens with one attached hydrogen (secondary N) is 1. The normalized spacial score (nSPS) is 20.4. The summed E-state index contributed by atoms with van der Waals surface area (Å²) in [6.45, 7) is 3.54. The van der Waals surface area contributed by atoms with Gasteiger partial charge in [-0.05, 0) is 62.8 Å². The number of likely N-dealkylation sites (tertiary alicyclic amines) is 2. The molecule has 0 radical (unpaired) electrons. The van der Waals surface area contributed by atoms with Crippen LogP contribution in [0.25, 0.3) is 0 Å². The molecular formula is C25H33F3N6O3S. The largest absolute Gasteiger partial charge is 0.418 e. The minimum absolute atomic E-state index is 0.0743. The van der Waals surface area contributed by atoms with Gasteiger partial charge in [0.2, 0.25) is 10.0 Å². The van der Waals surface area contributed by atoms with Crippen molar-refractivity contribution in [1.82, 2.24) is 19.6 Å². The third-order valence-corrected chi connectivity index (χ3v) is 8.55. The molecule has 208 valence electrons. The van der Waals surface area contributed by atoms with E-state index in [4.69, 9.17) is 0 Å². The van der Waals surface area contributed by atoms with E-state index in [2.05, 4.69) is 14.7 Å². The molecule has 4 heterocycles. The van der Waals surface area contributed by atoms with Gasteiger partial charge in [-0.2, -0.15) is 17.9 Å². The molecule has 0 saturated carbocycles. The van der Waals surface area contributed by atoms with Gasteiger partial charge in [0.25, 0.3) is 0 Å². The zero-order valence-corrected chi connectivity index (χ0v) is 22.2. The van der Waals surface area contributed by atoms with Crippen LogP contribution in [0.4, 0.5) is 29.5 Å². The summed E-state index contributed by atoms with van der Waals surface area (Å²) in [4.78, 5) is 18.8. The number of rotatable bonds is 5. The lowest BCUT2D eigenvalue weighted by Crippen LogP contribution is -2.53. The fraction of sp³-hybridized carbons (Fsp3) is 0.600. The third kappa shape index (κ3) is 5.63. The number of sulfonamides is 1. The van der Waals surface area contributed by atoms with Crippen molar-refractivity contribution in [2.75, 3.05) is 48.6 Å². The van der Waals surface area contributed by atoms with Crippen LogP contribution in [0.1, 0.15) is 49.7 Å². The number of alkyl halides is 3. The van der Waals surface area contributed by atoms with E-state index < -0.39 is 21.8 Å². The van der Waals surface area contributed by atoms with Gasteiger partial charge in [-0.15, -0.1) is 5.10 Å². The lowest BCUT2D eigenvalue weighted by atomic mass is 9.84. The number of amides is 1. The maximum atomic E-state index is 14.0. The summed E-state index contributed by atoms with van der Waals surface area (Å²) >= 11 is 0. The van der Waals surface area contributed by atoms with E-state index >= 15 is 0 Å². The first-order valence-electron chi connectivity index (χ1n) is 13.0. The highest BCUT2D eigenvalue weighted by Gasteiger charge is 2.44. The van der Waals surface area contributed by atoms with Crippen molar-refractivity contribution in [3.63, 3.8) is 0 Å². The number of carbonyl (C=O) groups excluding carboxylic acids is 1. The van der Waals surface area contributed by atoms with Gasteiger partial charge in [0.15, 0.2) is 5.82 Å². The Morgan fingerprint density at radius 1 is 1.03 bits per heavy atom. The lowest BCUT2D eigenvalue weighted by Gasteiger charge is -2.45. The molecule has 3 saturated heterocycles. The van der Waals surface area contributed by atoms with Gasteiger partial charge in [0.05, 0.1) is 11.8 Å². The molecule has 3 aliphatic rings. The van der Waals surface area contributed by atoms with Crippen LogP contribution in [-0.2, 0) is 22.7 Å². The van der Waals surface area contributed by atoms with E-state index in [0.29, 0.717) is 51.1 Å². The van der Waals surface area contributed by atoms with Crippen LogP contribution in [0.15, 0.2) is 30.5 Å². The number of nitrogens with zero attached hydrogens (tertiary/aromatic N) is 5. The summed E-state index contributed by atoms with van der Waals surface area (Å²) in [6, 6.07) is 5.86. The predicted molar refractivity (Wildman–Crippen MR) is 138 cm³/mol. The van der Waals surface area contributed by atoms with Crippen molar-refractivity contribution in [2.24, 2.45) is 0 Å². The van der Waals surface area contributed by atoms with Crippen molar-refractivity contribution in [2.45, 2.75) is 56.8 Å². The summed E-state index contributed by atoms with van der Waals surface area (Å²) < 4.78 is 68.1. The fourth-order valence-electron chi connectivity index (χ4n) is 6.10. The Labute approximate surface area is 220 Å². The molecule has 1 aromatic carbocycles. The Balaban J connectivity index is 1.26. The van der Waals surface area contributed by atoms with Gasteiger partial charge < -0.3 is 9.80 Å². The van der Waals surface area contributed by atoms with Crippen LogP contribution in [0, 0.1) is 0 Å². The third-order valence-electron chi connectivity index (χ3n) is 7.97. The summed E-state index contributed by atoms with van der Waals surface area (Å²) in [5, 5.41) is 4.02. The van der Waals surface area contributed by atoms with E-state index in [1.807, 2.05) is 11.0 Å². The molecule has 13 heteroatoms. The molecule has 1 spiro atoms. The Kier molecular flexibility index (Phi) is 7.10. The highest BCUT2D eigenvalue weighted by Crippen LogP contribution is 2.42. The molecule has 1 N–H and O–H groups in total. The molecule has 9 nitrogen and oxygen atoms in total. The number of halogens is 3. The predicted octanol–water partition coefficient (Wildman–Crippen LogP) is 3.97. The SMILES string of the molecule is CS(=O)(=O)Nc1ccn(C(=O)N2CCC3(CCCN3Cc3ccc(N4CCCC4)c(C(F)(F)F)c3)CC2)n1. The number of piperidine rings is 1.